The van der Waals surface area contributed by atoms with Crippen molar-refractivity contribution in [1.29, 1.82) is 0 Å². The summed E-state index contributed by atoms with van der Waals surface area (Å²) in [7, 11) is 3.09. The molecule has 2 aromatic carbocycles. The molecule has 1 aromatic heterocycles. The molecule has 0 bridgehead atoms. The maximum atomic E-state index is 11.8. The van der Waals surface area contributed by atoms with Crippen LogP contribution in [0.25, 0.3) is 17.3 Å². The van der Waals surface area contributed by atoms with Gasteiger partial charge in [0.05, 0.1) is 30.5 Å². The van der Waals surface area contributed by atoms with Crippen LogP contribution < -0.4 is 9.47 Å². The Bertz CT molecular complexity index is 1290. The first kappa shape index (κ1) is 19.9. The van der Waals surface area contributed by atoms with E-state index in [0.29, 0.717) is 42.8 Å². The lowest BCUT2D eigenvalue weighted by Crippen LogP contribution is -2.11. The summed E-state index contributed by atoms with van der Waals surface area (Å²) < 4.78 is 12.4. The van der Waals surface area contributed by atoms with Gasteiger partial charge < -0.3 is 19.7 Å². The van der Waals surface area contributed by atoms with Crippen molar-refractivity contribution < 1.29 is 24.5 Å². The van der Waals surface area contributed by atoms with Crippen LogP contribution in [0.3, 0.4) is 0 Å². The molecule has 0 radical (unpaired) electrons. The minimum Gasteiger partial charge on any atom is -0.497 e. The molecule has 152 valence electrons. The smallest absolute Gasteiger partial charge is 0.355 e. The highest BCUT2D eigenvalue weighted by Crippen LogP contribution is 2.41. The molecular weight excluding hydrogens is 424 g/mol. The summed E-state index contributed by atoms with van der Waals surface area (Å²) >= 11 is 6.61. The molecule has 1 aliphatic heterocycles. The fourth-order valence-corrected chi connectivity index (χ4v) is 4.45. The lowest BCUT2D eigenvalue weighted by atomic mass is 10.0. The number of fused-ring (bicyclic) bond motifs is 1. The van der Waals surface area contributed by atoms with E-state index in [1.807, 2.05) is 0 Å². The first-order valence-corrected chi connectivity index (χ1v) is 9.97. The molecule has 3 aromatic rings. The van der Waals surface area contributed by atoms with E-state index in [-0.39, 0.29) is 11.6 Å². The minimum absolute atomic E-state index is 0.0857. The number of ether oxygens (including phenoxy) is 2. The molecule has 2 heterocycles. The first-order chi connectivity index (χ1) is 14.4. The average molecular weight is 441 g/mol. The Hall–Kier alpha value is -3.43. The van der Waals surface area contributed by atoms with Crippen LogP contribution in [0.15, 0.2) is 47.5 Å². The Morgan fingerprint density at radius 3 is 2.60 bits per heavy atom. The number of rotatable bonds is 5. The van der Waals surface area contributed by atoms with Gasteiger partial charge in [0.1, 0.15) is 11.5 Å². The Labute approximate surface area is 180 Å². The van der Waals surface area contributed by atoms with E-state index in [4.69, 9.17) is 21.7 Å². The highest BCUT2D eigenvalue weighted by molar-refractivity contribution is 7.73. The lowest BCUT2D eigenvalue weighted by Gasteiger charge is -2.07. The van der Waals surface area contributed by atoms with Gasteiger partial charge in [-0.15, -0.1) is 11.3 Å². The number of methoxy groups -OCH3 is 2. The zero-order chi connectivity index (χ0) is 21.4. The maximum Gasteiger partial charge on any atom is 0.355 e. The zero-order valence-electron chi connectivity index (χ0n) is 15.9. The number of aromatic nitrogens is 1. The van der Waals surface area contributed by atoms with Crippen molar-refractivity contribution >= 4 is 52.6 Å². The molecule has 4 rings (SSSR count). The van der Waals surface area contributed by atoms with Crippen molar-refractivity contribution in [3.8, 4) is 23.1 Å². The zero-order valence-corrected chi connectivity index (χ0v) is 17.6. The molecule has 0 amide bonds. The monoisotopic (exact) mass is 440 g/mol. The predicted molar refractivity (Wildman–Crippen MR) is 118 cm³/mol. The van der Waals surface area contributed by atoms with Crippen LogP contribution in [0.2, 0.25) is 0 Å². The van der Waals surface area contributed by atoms with Gasteiger partial charge in [-0.1, -0.05) is 6.07 Å². The van der Waals surface area contributed by atoms with E-state index in [9.17, 15) is 15.0 Å². The van der Waals surface area contributed by atoms with Gasteiger partial charge >= 0.3 is 5.97 Å². The summed E-state index contributed by atoms with van der Waals surface area (Å²) in [6.07, 6.45) is 1.59. The molecule has 0 unspecified atom stereocenters. The van der Waals surface area contributed by atoms with E-state index < -0.39 is 5.97 Å². The van der Waals surface area contributed by atoms with Crippen molar-refractivity contribution in [3.63, 3.8) is 0 Å². The largest absolute Gasteiger partial charge is 0.497 e. The van der Waals surface area contributed by atoms with Gasteiger partial charge in [-0.25, -0.2) is 9.79 Å². The van der Waals surface area contributed by atoms with Gasteiger partial charge in [0.15, 0.2) is 9.67 Å². The number of benzene rings is 2. The number of hydrogen-bond acceptors (Lipinski definition) is 7. The molecular formula is C21H16N2O5S2. The Morgan fingerprint density at radius 1 is 1.17 bits per heavy atom. The van der Waals surface area contributed by atoms with Gasteiger partial charge in [-0.05, 0) is 42.6 Å². The van der Waals surface area contributed by atoms with Crippen LogP contribution in [0.1, 0.15) is 10.4 Å². The molecule has 0 atom stereocenters. The second kappa shape index (κ2) is 7.77. The Kier molecular flexibility index (Phi) is 5.15. The van der Waals surface area contributed by atoms with E-state index >= 15 is 0 Å². The average Bonchev–Trinajstić information content (AvgIpc) is 3.24. The van der Waals surface area contributed by atoms with Gasteiger partial charge in [0.25, 0.3) is 0 Å². The summed E-state index contributed by atoms with van der Waals surface area (Å²) in [4.78, 5) is 16.4. The predicted octanol–water partition coefficient (Wildman–Crippen LogP) is 4.70. The Balaban J connectivity index is 1.85. The van der Waals surface area contributed by atoms with Gasteiger partial charge in [0, 0.05) is 23.3 Å². The van der Waals surface area contributed by atoms with Crippen molar-refractivity contribution in [2.24, 2.45) is 4.99 Å². The van der Waals surface area contributed by atoms with Crippen molar-refractivity contribution in [2.45, 2.75) is 0 Å². The fourth-order valence-electron chi connectivity index (χ4n) is 3.16. The molecule has 1 aliphatic rings. The second-order valence-corrected chi connectivity index (χ2v) is 7.98. The summed E-state index contributed by atoms with van der Waals surface area (Å²) in [5.41, 5.74) is 2.06. The molecule has 2 N–H and O–H groups in total. The number of thiazole rings is 1. The third-order valence-electron chi connectivity index (χ3n) is 4.58. The number of carbonyl (C=O) groups is 1. The fraction of sp³-hybridized carbons (Fsp3) is 0.0952. The molecule has 0 fully saturated rings. The van der Waals surface area contributed by atoms with Crippen molar-refractivity contribution in [3.05, 3.63) is 56.9 Å². The topological polar surface area (TPSA) is 93.3 Å². The van der Waals surface area contributed by atoms with Crippen LogP contribution in [0.4, 0.5) is 5.69 Å². The number of carboxylic acid groups (broad SMARTS) is 1. The summed E-state index contributed by atoms with van der Waals surface area (Å²) in [6, 6.07) is 12.3. The molecule has 9 heteroatoms. The molecule has 0 saturated carbocycles. The maximum absolute atomic E-state index is 11.8. The SMILES string of the molecule is COc1cccc(-n2c(O)c(/C=C3/C(C(=O)O)=Nc4cc(OC)ccc43)sc2=S)c1. The normalized spacial score (nSPS) is 13.8. The van der Waals surface area contributed by atoms with Crippen LogP contribution >= 0.6 is 23.6 Å². The lowest BCUT2D eigenvalue weighted by molar-refractivity contribution is -0.129. The summed E-state index contributed by atoms with van der Waals surface area (Å²) in [5.74, 6) is -0.0470. The van der Waals surface area contributed by atoms with Crippen LogP contribution in [0, 0.1) is 3.95 Å². The molecule has 0 aliphatic carbocycles. The molecule has 30 heavy (non-hydrogen) atoms. The standard InChI is InChI=1S/C21H16N2O5S2/c1-27-12-5-3-4-11(8-12)23-19(24)17(30-21(23)29)10-15-14-7-6-13(28-2)9-16(14)22-18(15)20(25)26/h3-10,24H,1-2H3,(H,25,26)/b15-10+. The van der Waals surface area contributed by atoms with Gasteiger partial charge in [-0.3, -0.25) is 4.57 Å². The third-order valence-corrected chi connectivity index (χ3v) is 5.89. The number of hydrogen-bond donors (Lipinski definition) is 2. The quantitative estimate of drug-likeness (QED) is 0.559. The third kappa shape index (κ3) is 3.38. The number of nitrogens with zero attached hydrogens (tertiary/aromatic N) is 2. The second-order valence-electron chi connectivity index (χ2n) is 6.30. The van der Waals surface area contributed by atoms with E-state index in [1.165, 1.54) is 23.0 Å². The van der Waals surface area contributed by atoms with Gasteiger partial charge in [-0.2, -0.15) is 0 Å². The van der Waals surface area contributed by atoms with Crippen LogP contribution in [-0.2, 0) is 4.79 Å². The van der Waals surface area contributed by atoms with E-state index in [0.717, 1.165) is 0 Å². The first-order valence-electron chi connectivity index (χ1n) is 8.74. The summed E-state index contributed by atoms with van der Waals surface area (Å²) in [6.45, 7) is 0. The number of aliphatic carboxylic acids is 1. The van der Waals surface area contributed by atoms with Crippen LogP contribution in [0.5, 0.6) is 17.4 Å². The Morgan fingerprint density at radius 2 is 1.90 bits per heavy atom. The minimum atomic E-state index is -1.16. The van der Waals surface area contributed by atoms with Crippen molar-refractivity contribution in [1.82, 2.24) is 4.57 Å². The van der Waals surface area contributed by atoms with Crippen LogP contribution in [-0.4, -0.2) is 40.7 Å². The number of aliphatic imine (C=N–C) groups is 1. The highest BCUT2D eigenvalue weighted by Gasteiger charge is 2.27. The van der Waals surface area contributed by atoms with Gasteiger partial charge in [0.2, 0.25) is 5.88 Å². The van der Waals surface area contributed by atoms with E-state index in [1.54, 1.807) is 55.7 Å². The summed E-state index contributed by atoms with van der Waals surface area (Å²) in [5, 5.41) is 20.5. The molecule has 0 saturated heterocycles. The molecule has 7 nitrogen and oxygen atoms in total. The number of aromatic hydroxyl groups is 1. The number of carboxylic acids is 1. The highest BCUT2D eigenvalue weighted by atomic mass is 32.1. The van der Waals surface area contributed by atoms with E-state index in [2.05, 4.69) is 4.99 Å². The molecule has 0 spiro atoms. The van der Waals surface area contributed by atoms with Crippen molar-refractivity contribution in [2.75, 3.05) is 14.2 Å².